The molecule has 4 N–H and O–H groups in total. The molecular formula is C22H33N3O5. The number of nitrogens with one attached hydrogen (secondary N) is 3. The molecule has 1 amide bonds. The highest BCUT2D eigenvalue weighted by molar-refractivity contribution is 5.76. The number of aliphatic hydroxyl groups excluding tert-OH is 1. The third kappa shape index (κ3) is 5.31. The summed E-state index contributed by atoms with van der Waals surface area (Å²) in [6, 6.07) is 8.08. The van der Waals surface area contributed by atoms with Crippen LogP contribution in [0.4, 0.5) is 0 Å². The number of methoxy groups -OCH3 is 1. The van der Waals surface area contributed by atoms with Crippen LogP contribution in [0, 0.1) is 0 Å². The molecule has 0 aliphatic carbocycles. The van der Waals surface area contributed by atoms with Crippen molar-refractivity contribution in [1.82, 2.24) is 16.0 Å². The third-order valence-electron chi connectivity index (χ3n) is 6.29. The maximum absolute atomic E-state index is 12.3. The maximum Gasteiger partial charge on any atom is 0.222 e. The molecule has 3 saturated heterocycles. The topological polar surface area (TPSA) is 101 Å². The molecule has 8 heteroatoms. The summed E-state index contributed by atoms with van der Waals surface area (Å²) >= 11 is 0. The van der Waals surface area contributed by atoms with Gasteiger partial charge in [-0.2, -0.15) is 0 Å². The van der Waals surface area contributed by atoms with Crippen molar-refractivity contribution in [1.29, 1.82) is 0 Å². The minimum Gasteiger partial charge on any atom is -0.497 e. The fourth-order valence-electron chi connectivity index (χ4n) is 4.54. The number of carbonyl (C=O) groups excluding carboxylic acids is 1. The smallest absolute Gasteiger partial charge is 0.222 e. The second kappa shape index (κ2) is 10.1. The molecule has 3 heterocycles. The Hall–Kier alpha value is -1.71. The van der Waals surface area contributed by atoms with E-state index in [4.69, 9.17) is 14.2 Å². The average Bonchev–Trinajstić information content (AvgIpc) is 3.30. The first-order valence-electron chi connectivity index (χ1n) is 10.9. The van der Waals surface area contributed by atoms with Crippen molar-refractivity contribution in [2.45, 2.75) is 68.8 Å². The van der Waals surface area contributed by atoms with Crippen molar-refractivity contribution < 1.29 is 24.1 Å². The molecule has 30 heavy (non-hydrogen) atoms. The van der Waals surface area contributed by atoms with Gasteiger partial charge in [-0.1, -0.05) is 12.1 Å². The summed E-state index contributed by atoms with van der Waals surface area (Å²) in [5.41, 5.74) is 1.01. The monoisotopic (exact) mass is 419 g/mol. The molecule has 0 unspecified atom stereocenters. The SMILES string of the molecule is COc1ccc(CNC(=O)C[C@@H]2C[C@H]3O[C@H](CNC4CCNCC4)[C@@H](O)[C@H]3O2)cc1. The highest BCUT2D eigenvalue weighted by atomic mass is 16.6. The molecule has 0 radical (unpaired) electrons. The number of rotatable bonds is 8. The van der Waals surface area contributed by atoms with Gasteiger partial charge in [-0.05, 0) is 43.6 Å². The molecular weight excluding hydrogens is 386 g/mol. The van der Waals surface area contributed by atoms with Gasteiger partial charge in [0.15, 0.2) is 0 Å². The fraction of sp³-hybridized carbons (Fsp3) is 0.682. The first-order chi connectivity index (χ1) is 14.6. The van der Waals surface area contributed by atoms with Crippen molar-refractivity contribution >= 4 is 5.91 Å². The van der Waals surface area contributed by atoms with Gasteiger partial charge in [0.05, 0.1) is 31.8 Å². The van der Waals surface area contributed by atoms with Crippen LogP contribution in [0.15, 0.2) is 24.3 Å². The van der Waals surface area contributed by atoms with Crippen LogP contribution in [0.25, 0.3) is 0 Å². The van der Waals surface area contributed by atoms with Crippen molar-refractivity contribution in [3.63, 3.8) is 0 Å². The van der Waals surface area contributed by atoms with E-state index < -0.39 is 6.10 Å². The third-order valence-corrected chi connectivity index (χ3v) is 6.29. The van der Waals surface area contributed by atoms with Gasteiger partial charge in [0, 0.05) is 25.6 Å². The van der Waals surface area contributed by atoms with E-state index >= 15 is 0 Å². The van der Waals surface area contributed by atoms with Crippen molar-refractivity contribution in [3.8, 4) is 5.75 Å². The van der Waals surface area contributed by atoms with Crippen LogP contribution in [0.1, 0.15) is 31.2 Å². The Kier molecular flexibility index (Phi) is 7.22. The molecule has 0 bridgehead atoms. The van der Waals surface area contributed by atoms with Crippen LogP contribution in [-0.2, 0) is 20.8 Å². The Bertz CT molecular complexity index is 695. The van der Waals surface area contributed by atoms with Crippen molar-refractivity contribution in [3.05, 3.63) is 29.8 Å². The number of carbonyl (C=O) groups is 1. The Balaban J connectivity index is 1.17. The Labute approximate surface area is 177 Å². The predicted octanol–water partition coefficient (Wildman–Crippen LogP) is 0.329. The van der Waals surface area contributed by atoms with E-state index in [9.17, 15) is 9.90 Å². The van der Waals surface area contributed by atoms with Crippen LogP contribution >= 0.6 is 0 Å². The largest absolute Gasteiger partial charge is 0.497 e. The second-order valence-corrected chi connectivity index (χ2v) is 8.42. The molecule has 8 nitrogen and oxygen atoms in total. The van der Waals surface area contributed by atoms with E-state index in [1.54, 1.807) is 7.11 Å². The van der Waals surface area contributed by atoms with E-state index in [0.717, 1.165) is 37.2 Å². The first kappa shape index (κ1) is 21.5. The quantitative estimate of drug-likeness (QED) is 0.482. The molecule has 3 aliphatic heterocycles. The first-order valence-corrected chi connectivity index (χ1v) is 10.9. The number of ether oxygens (including phenoxy) is 3. The van der Waals surface area contributed by atoms with Crippen LogP contribution in [0.3, 0.4) is 0 Å². The van der Waals surface area contributed by atoms with Gasteiger partial charge in [-0.25, -0.2) is 0 Å². The van der Waals surface area contributed by atoms with Gasteiger partial charge in [0.2, 0.25) is 5.91 Å². The summed E-state index contributed by atoms with van der Waals surface area (Å²) in [6.07, 6.45) is 1.50. The second-order valence-electron chi connectivity index (χ2n) is 8.42. The van der Waals surface area contributed by atoms with Gasteiger partial charge < -0.3 is 35.3 Å². The lowest BCUT2D eigenvalue weighted by Crippen LogP contribution is -2.45. The number of amides is 1. The summed E-state index contributed by atoms with van der Waals surface area (Å²) in [6.45, 7) is 3.16. The van der Waals surface area contributed by atoms with Crippen LogP contribution in [0.5, 0.6) is 5.75 Å². The van der Waals surface area contributed by atoms with Crippen LogP contribution in [-0.4, -0.2) is 74.3 Å². The average molecular weight is 420 g/mol. The summed E-state index contributed by atoms with van der Waals surface area (Å²) in [4.78, 5) is 12.3. The van der Waals surface area contributed by atoms with E-state index in [0.29, 0.717) is 25.6 Å². The van der Waals surface area contributed by atoms with Gasteiger partial charge in [-0.15, -0.1) is 0 Å². The molecule has 5 atom stereocenters. The highest BCUT2D eigenvalue weighted by Gasteiger charge is 2.50. The van der Waals surface area contributed by atoms with Crippen molar-refractivity contribution in [2.75, 3.05) is 26.7 Å². The highest BCUT2D eigenvalue weighted by Crippen LogP contribution is 2.35. The molecule has 3 aliphatic rings. The molecule has 1 aromatic rings. The van der Waals surface area contributed by atoms with E-state index in [1.807, 2.05) is 24.3 Å². The number of hydrogen-bond acceptors (Lipinski definition) is 7. The minimum atomic E-state index is -0.656. The number of aliphatic hydroxyl groups is 1. The molecule has 166 valence electrons. The molecule has 1 aromatic carbocycles. The maximum atomic E-state index is 12.3. The lowest BCUT2D eigenvalue weighted by molar-refractivity contribution is -0.124. The Morgan fingerprint density at radius 2 is 2.00 bits per heavy atom. The Morgan fingerprint density at radius 3 is 2.70 bits per heavy atom. The predicted molar refractivity (Wildman–Crippen MR) is 111 cm³/mol. The van der Waals surface area contributed by atoms with Gasteiger partial charge in [0.1, 0.15) is 18.0 Å². The van der Waals surface area contributed by atoms with Crippen LogP contribution < -0.4 is 20.7 Å². The lowest BCUT2D eigenvalue weighted by atomic mass is 10.0. The fourth-order valence-corrected chi connectivity index (χ4v) is 4.54. The van der Waals surface area contributed by atoms with Gasteiger partial charge in [-0.3, -0.25) is 4.79 Å². The van der Waals surface area contributed by atoms with Gasteiger partial charge in [0.25, 0.3) is 0 Å². The number of benzene rings is 1. The number of piperidine rings is 1. The summed E-state index contributed by atoms with van der Waals surface area (Å²) in [5.74, 6) is 0.730. The molecule has 0 spiro atoms. The summed E-state index contributed by atoms with van der Waals surface area (Å²) in [7, 11) is 1.63. The summed E-state index contributed by atoms with van der Waals surface area (Å²) < 4.78 is 17.2. The van der Waals surface area contributed by atoms with Crippen molar-refractivity contribution in [2.24, 2.45) is 0 Å². The number of fused-ring (bicyclic) bond motifs is 1. The van der Waals surface area contributed by atoms with Crippen LogP contribution in [0.2, 0.25) is 0 Å². The molecule has 3 fully saturated rings. The lowest BCUT2D eigenvalue weighted by Gasteiger charge is -2.26. The minimum absolute atomic E-state index is 0.0607. The van der Waals surface area contributed by atoms with E-state index in [1.165, 1.54) is 0 Å². The Morgan fingerprint density at radius 1 is 1.23 bits per heavy atom. The zero-order valence-corrected chi connectivity index (χ0v) is 17.5. The van der Waals surface area contributed by atoms with E-state index in [2.05, 4.69) is 16.0 Å². The molecule has 0 saturated carbocycles. The standard InChI is InChI=1S/C22H33N3O5/c1-28-16-4-2-14(3-5-16)12-25-20(26)11-17-10-18-22(29-17)21(27)19(30-18)13-24-15-6-8-23-9-7-15/h2-5,15,17-19,21-24,27H,6-13H2,1H3,(H,25,26)/t17-,18+,19+,21+,22-/m0/s1. The number of hydrogen-bond donors (Lipinski definition) is 4. The summed E-state index contributed by atoms with van der Waals surface area (Å²) in [5, 5.41) is 20.4. The normalized spacial score (nSPS) is 31.5. The zero-order chi connectivity index (χ0) is 20.9. The van der Waals surface area contributed by atoms with Gasteiger partial charge >= 0.3 is 0 Å². The van der Waals surface area contributed by atoms with E-state index in [-0.39, 0.29) is 36.7 Å². The zero-order valence-electron chi connectivity index (χ0n) is 17.5. The molecule has 0 aromatic heterocycles. The molecule has 4 rings (SSSR count).